The maximum atomic E-state index is 4.30. The van der Waals surface area contributed by atoms with Crippen LogP contribution in [0.4, 0.5) is 11.5 Å². The summed E-state index contributed by atoms with van der Waals surface area (Å²) in [4.78, 5) is 4.30. The van der Waals surface area contributed by atoms with E-state index in [1.54, 1.807) is 0 Å². The van der Waals surface area contributed by atoms with Gasteiger partial charge in [-0.1, -0.05) is 36.8 Å². The topological polar surface area (TPSA) is 37.0 Å². The van der Waals surface area contributed by atoms with Gasteiger partial charge in [0.2, 0.25) is 0 Å². The van der Waals surface area contributed by atoms with Crippen LogP contribution in [0.2, 0.25) is 0 Å². The van der Waals surface area contributed by atoms with Crippen molar-refractivity contribution in [2.24, 2.45) is 0 Å². The first-order chi connectivity index (χ1) is 9.78. The smallest absolute Gasteiger partial charge is 0.127 e. The first kappa shape index (κ1) is 14.4. The molecular formula is C17H23N3. The highest BCUT2D eigenvalue weighted by Gasteiger charge is 1.97. The summed E-state index contributed by atoms with van der Waals surface area (Å²) in [6, 6.07) is 12.7. The van der Waals surface area contributed by atoms with Crippen LogP contribution in [-0.2, 0) is 6.42 Å². The molecular weight excluding hydrogens is 246 g/mol. The van der Waals surface area contributed by atoms with E-state index in [1.807, 2.05) is 12.3 Å². The van der Waals surface area contributed by atoms with Crippen molar-refractivity contribution in [3.8, 4) is 0 Å². The molecule has 3 nitrogen and oxygen atoms in total. The molecule has 2 rings (SSSR count). The summed E-state index contributed by atoms with van der Waals surface area (Å²) in [6.07, 6.45) is 3.97. The second-order valence-corrected chi connectivity index (χ2v) is 5.02. The van der Waals surface area contributed by atoms with Crippen LogP contribution < -0.4 is 10.6 Å². The van der Waals surface area contributed by atoms with Crippen molar-refractivity contribution in [3.63, 3.8) is 0 Å². The molecule has 0 fully saturated rings. The normalized spacial score (nSPS) is 10.3. The SMILES string of the molecule is CCCNc1cc(NCCc2cccc(C)c2)ccn1. The number of pyridine rings is 1. The van der Waals surface area contributed by atoms with E-state index < -0.39 is 0 Å². The van der Waals surface area contributed by atoms with Crippen LogP contribution >= 0.6 is 0 Å². The highest BCUT2D eigenvalue weighted by molar-refractivity contribution is 5.51. The first-order valence-corrected chi connectivity index (χ1v) is 7.27. The van der Waals surface area contributed by atoms with Gasteiger partial charge in [0, 0.05) is 31.0 Å². The lowest BCUT2D eigenvalue weighted by molar-refractivity contribution is 0.968. The monoisotopic (exact) mass is 269 g/mol. The molecule has 3 heteroatoms. The van der Waals surface area contributed by atoms with E-state index >= 15 is 0 Å². The van der Waals surface area contributed by atoms with Gasteiger partial charge in [0.15, 0.2) is 0 Å². The minimum Gasteiger partial charge on any atom is -0.385 e. The van der Waals surface area contributed by atoms with Crippen LogP contribution in [0.3, 0.4) is 0 Å². The summed E-state index contributed by atoms with van der Waals surface area (Å²) in [6.45, 7) is 6.17. The van der Waals surface area contributed by atoms with Gasteiger partial charge >= 0.3 is 0 Å². The lowest BCUT2D eigenvalue weighted by Gasteiger charge is -2.09. The number of nitrogens with one attached hydrogen (secondary N) is 2. The van der Waals surface area contributed by atoms with Crippen LogP contribution in [0.15, 0.2) is 42.6 Å². The summed E-state index contributed by atoms with van der Waals surface area (Å²) < 4.78 is 0. The van der Waals surface area contributed by atoms with Gasteiger partial charge in [0.05, 0.1) is 0 Å². The molecule has 0 bridgehead atoms. The Morgan fingerprint density at radius 2 is 1.95 bits per heavy atom. The van der Waals surface area contributed by atoms with E-state index in [9.17, 15) is 0 Å². The molecule has 2 aromatic rings. The third-order valence-corrected chi connectivity index (χ3v) is 3.14. The highest BCUT2D eigenvalue weighted by Crippen LogP contribution is 2.12. The van der Waals surface area contributed by atoms with Gasteiger partial charge in [0.25, 0.3) is 0 Å². The van der Waals surface area contributed by atoms with Crippen LogP contribution in [0, 0.1) is 6.92 Å². The second kappa shape index (κ2) is 7.53. The molecule has 1 aromatic carbocycles. The van der Waals surface area contributed by atoms with Gasteiger partial charge in [-0.15, -0.1) is 0 Å². The van der Waals surface area contributed by atoms with Crippen molar-refractivity contribution in [1.29, 1.82) is 0 Å². The van der Waals surface area contributed by atoms with Crippen molar-refractivity contribution in [3.05, 3.63) is 53.7 Å². The average molecular weight is 269 g/mol. The summed E-state index contributed by atoms with van der Waals surface area (Å²) in [7, 11) is 0. The number of anilines is 2. The Labute approximate surface area is 121 Å². The molecule has 106 valence electrons. The third-order valence-electron chi connectivity index (χ3n) is 3.14. The summed E-state index contributed by atoms with van der Waals surface area (Å²) in [5.41, 5.74) is 3.81. The lowest BCUT2D eigenvalue weighted by Crippen LogP contribution is -2.06. The Morgan fingerprint density at radius 3 is 2.75 bits per heavy atom. The quantitative estimate of drug-likeness (QED) is 0.801. The first-order valence-electron chi connectivity index (χ1n) is 7.27. The molecule has 0 aliphatic carbocycles. The fourth-order valence-corrected chi connectivity index (χ4v) is 2.11. The van der Waals surface area contributed by atoms with E-state index in [0.29, 0.717) is 0 Å². The largest absolute Gasteiger partial charge is 0.385 e. The molecule has 0 atom stereocenters. The Kier molecular flexibility index (Phi) is 5.42. The number of aryl methyl sites for hydroxylation is 1. The number of rotatable bonds is 7. The van der Waals surface area contributed by atoms with Crippen molar-refractivity contribution in [1.82, 2.24) is 4.98 Å². The molecule has 0 radical (unpaired) electrons. The van der Waals surface area contributed by atoms with Crippen LogP contribution in [-0.4, -0.2) is 18.1 Å². The third kappa shape index (κ3) is 4.57. The summed E-state index contributed by atoms with van der Waals surface area (Å²) in [5.74, 6) is 0.937. The zero-order valence-electron chi connectivity index (χ0n) is 12.3. The van der Waals surface area contributed by atoms with Crippen molar-refractivity contribution in [2.75, 3.05) is 23.7 Å². The zero-order valence-corrected chi connectivity index (χ0v) is 12.3. The fraction of sp³-hybridized carbons (Fsp3) is 0.353. The molecule has 0 saturated heterocycles. The number of hydrogen-bond acceptors (Lipinski definition) is 3. The lowest BCUT2D eigenvalue weighted by atomic mass is 10.1. The van der Waals surface area contributed by atoms with Gasteiger partial charge in [-0.2, -0.15) is 0 Å². The standard InChI is InChI=1S/C17H23N3/c1-3-9-19-17-13-16(8-11-20-17)18-10-7-15-6-4-5-14(2)12-15/h4-6,8,11-13H,3,7,9-10H2,1-2H3,(H2,18,19,20). The average Bonchev–Trinajstić information content (AvgIpc) is 2.46. The number of nitrogens with zero attached hydrogens (tertiary/aromatic N) is 1. The van der Waals surface area contributed by atoms with E-state index in [-0.39, 0.29) is 0 Å². The van der Waals surface area contributed by atoms with E-state index in [4.69, 9.17) is 0 Å². The van der Waals surface area contributed by atoms with Gasteiger partial charge < -0.3 is 10.6 Å². The number of aromatic nitrogens is 1. The Hall–Kier alpha value is -2.03. The van der Waals surface area contributed by atoms with Gasteiger partial charge in [-0.3, -0.25) is 0 Å². The minimum absolute atomic E-state index is 0.931. The van der Waals surface area contributed by atoms with Crippen LogP contribution in [0.25, 0.3) is 0 Å². The molecule has 2 N–H and O–H groups in total. The molecule has 0 unspecified atom stereocenters. The second-order valence-electron chi connectivity index (χ2n) is 5.02. The molecule has 20 heavy (non-hydrogen) atoms. The molecule has 1 heterocycles. The molecule has 0 aliphatic rings. The Bertz CT molecular complexity index is 537. The predicted molar refractivity (Wildman–Crippen MR) is 86.4 cm³/mol. The van der Waals surface area contributed by atoms with Gasteiger partial charge in [0.1, 0.15) is 5.82 Å². The maximum absolute atomic E-state index is 4.30. The predicted octanol–water partition coefficient (Wildman–Crippen LogP) is 3.87. The maximum Gasteiger partial charge on any atom is 0.127 e. The van der Waals surface area contributed by atoms with Crippen LogP contribution in [0.5, 0.6) is 0 Å². The Balaban J connectivity index is 1.84. The van der Waals surface area contributed by atoms with E-state index in [1.165, 1.54) is 11.1 Å². The van der Waals surface area contributed by atoms with Gasteiger partial charge in [-0.25, -0.2) is 4.98 Å². The number of hydrogen-bond donors (Lipinski definition) is 2. The molecule has 1 aromatic heterocycles. The van der Waals surface area contributed by atoms with Crippen molar-refractivity contribution in [2.45, 2.75) is 26.7 Å². The molecule has 0 saturated carbocycles. The molecule has 0 amide bonds. The zero-order chi connectivity index (χ0) is 14.2. The van der Waals surface area contributed by atoms with E-state index in [0.717, 1.165) is 37.4 Å². The van der Waals surface area contributed by atoms with Crippen LogP contribution in [0.1, 0.15) is 24.5 Å². The van der Waals surface area contributed by atoms with E-state index in [2.05, 4.69) is 59.8 Å². The Morgan fingerprint density at radius 1 is 1.05 bits per heavy atom. The summed E-state index contributed by atoms with van der Waals surface area (Å²) in [5, 5.41) is 6.75. The minimum atomic E-state index is 0.931. The molecule has 0 aliphatic heterocycles. The van der Waals surface area contributed by atoms with Gasteiger partial charge in [-0.05, 0) is 31.4 Å². The van der Waals surface area contributed by atoms with Crippen molar-refractivity contribution < 1.29 is 0 Å². The summed E-state index contributed by atoms with van der Waals surface area (Å²) >= 11 is 0. The molecule has 0 spiro atoms. The number of benzene rings is 1. The van der Waals surface area contributed by atoms with Crippen molar-refractivity contribution >= 4 is 11.5 Å². The fourth-order valence-electron chi connectivity index (χ4n) is 2.11. The highest BCUT2D eigenvalue weighted by atomic mass is 15.0.